The number of rotatable bonds is 6. The van der Waals surface area contributed by atoms with Gasteiger partial charge in [-0.1, -0.05) is 30.3 Å². The first kappa shape index (κ1) is 20.1. The number of aliphatic carboxylic acids is 1. The maximum absolute atomic E-state index is 13.0. The fourth-order valence-corrected chi connectivity index (χ4v) is 3.40. The minimum atomic E-state index is -0.911. The lowest BCUT2D eigenvalue weighted by atomic mass is 10.0. The van der Waals surface area contributed by atoms with Crippen molar-refractivity contribution >= 4 is 34.4 Å². The van der Waals surface area contributed by atoms with Crippen LogP contribution < -0.4 is 10.6 Å². The van der Waals surface area contributed by atoms with Crippen molar-refractivity contribution in [1.29, 1.82) is 0 Å². The van der Waals surface area contributed by atoms with Crippen molar-refractivity contribution in [2.24, 2.45) is 0 Å². The minimum Gasteiger partial charge on any atom is -0.481 e. The summed E-state index contributed by atoms with van der Waals surface area (Å²) in [7, 11) is 0. The van der Waals surface area contributed by atoms with Crippen molar-refractivity contribution < 1.29 is 19.1 Å². The average molecular weight is 418 g/mol. The van der Waals surface area contributed by atoms with Gasteiger partial charge < -0.3 is 20.3 Å². The first-order valence-corrected chi connectivity index (χ1v) is 9.56. The molecule has 31 heavy (non-hydrogen) atoms. The second-order valence-electron chi connectivity index (χ2n) is 6.97. The quantitative estimate of drug-likeness (QED) is 0.416. The SMILES string of the molecule is O=C(O)CC(c1ccccc1)n1cnc2cc(NC(=O)Nc3ccc(F)cc3)ccc21. The van der Waals surface area contributed by atoms with Gasteiger partial charge in [-0.25, -0.2) is 14.2 Å². The third kappa shape index (κ3) is 4.69. The molecule has 0 radical (unpaired) electrons. The molecule has 4 aromatic rings. The van der Waals surface area contributed by atoms with Crippen LogP contribution in [0.3, 0.4) is 0 Å². The van der Waals surface area contributed by atoms with Crippen LogP contribution >= 0.6 is 0 Å². The lowest BCUT2D eigenvalue weighted by molar-refractivity contribution is -0.137. The zero-order chi connectivity index (χ0) is 21.8. The molecule has 8 heteroatoms. The van der Waals surface area contributed by atoms with Crippen LogP contribution in [0.2, 0.25) is 0 Å². The highest BCUT2D eigenvalue weighted by molar-refractivity contribution is 6.00. The molecule has 1 aromatic heterocycles. The number of fused-ring (bicyclic) bond motifs is 1. The molecule has 1 heterocycles. The van der Waals surface area contributed by atoms with Crippen LogP contribution in [0.25, 0.3) is 11.0 Å². The van der Waals surface area contributed by atoms with Gasteiger partial charge in [0.15, 0.2) is 0 Å². The van der Waals surface area contributed by atoms with Gasteiger partial charge >= 0.3 is 12.0 Å². The molecule has 2 amide bonds. The highest BCUT2D eigenvalue weighted by Gasteiger charge is 2.19. The van der Waals surface area contributed by atoms with Gasteiger partial charge in [0.05, 0.1) is 29.8 Å². The van der Waals surface area contributed by atoms with Crippen molar-refractivity contribution in [1.82, 2.24) is 9.55 Å². The van der Waals surface area contributed by atoms with Crippen molar-refractivity contribution in [3.63, 3.8) is 0 Å². The van der Waals surface area contributed by atoms with E-state index in [1.54, 1.807) is 24.5 Å². The van der Waals surface area contributed by atoms with Crippen LogP contribution in [0.15, 0.2) is 79.1 Å². The Labute approximate surface area is 177 Å². The highest BCUT2D eigenvalue weighted by Crippen LogP contribution is 2.28. The van der Waals surface area contributed by atoms with Crippen LogP contribution in [0.4, 0.5) is 20.6 Å². The van der Waals surface area contributed by atoms with E-state index in [-0.39, 0.29) is 12.2 Å². The fourth-order valence-electron chi connectivity index (χ4n) is 3.40. The van der Waals surface area contributed by atoms with Gasteiger partial charge in [-0.05, 0) is 48.0 Å². The van der Waals surface area contributed by atoms with E-state index < -0.39 is 18.0 Å². The first-order valence-electron chi connectivity index (χ1n) is 9.56. The van der Waals surface area contributed by atoms with Gasteiger partial charge in [0.2, 0.25) is 0 Å². The topological polar surface area (TPSA) is 96.2 Å². The zero-order valence-electron chi connectivity index (χ0n) is 16.3. The second kappa shape index (κ2) is 8.66. The number of hydrogen-bond donors (Lipinski definition) is 3. The Hall–Kier alpha value is -4.20. The van der Waals surface area contributed by atoms with Crippen LogP contribution in [0, 0.1) is 5.82 Å². The summed E-state index contributed by atoms with van der Waals surface area (Å²) in [5.41, 5.74) is 3.21. The van der Waals surface area contributed by atoms with Crippen molar-refractivity contribution in [3.05, 3.63) is 90.5 Å². The molecular weight excluding hydrogens is 399 g/mol. The number of carboxylic acid groups (broad SMARTS) is 1. The normalized spacial score (nSPS) is 11.8. The monoisotopic (exact) mass is 418 g/mol. The Kier molecular flexibility index (Phi) is 5.61. The lowest BCUT2D eigenvalue weighted by Gasteiger charge is -2.18. The van der Waals surface area contributed by atoms with E-state index in [2.05, 4.69) is 15.6 Å². The van der Waals surface area contributed by atoms with E-state index in [1.807, 2.05) is 34.9 Å². The molecule has 0 aliphatic carbocycles. The molecule has 156 valence electrons. The molecule has 4 rings (SSSR count). The van der Waals surface area contributed by atoms with Gasteiger partial charge in [-0.3, -0.25) is 4.79 Å². The van der Waals surface area contributed by atoms with Gasteiger partial charge in [-0.15, -0.1) is 0 Å². The minimum absolute atomic E-state index is 0.0877. The molecule has 0 aliphatic heterocycles. The number of amides is 2. The number of urea groups is 1. The Balaban J connectivity index is 1.56. The van der Waals surface area contributed by atoms with E-state index in [0.717, 1.165) is 11.1 Å². The molecule has 0 bridgehead atoms. The van der Waals surface area contributed by atoms with Gasteiger partial charge in [0, 0.05) is 11.4 Å². The summed E-state index contributed by atoms with van der Waals surface area (Å²) in [6.45, 7) is 0. The number of imidazole rings is 1. The summed E-state index contributed by atoms with van der Waals surface area (Å²) in [4.78, 5) is 28.1. The number of nitrogens with one attached hydrogen (secondary N) is 2. The molecule has 0 spiro atoms. The maximum atomic E-state index is 13.0. The lowest BCUT2D eigenvalue weighted by Crippen LogP contribution is -2.19. The Morgan fingerprint density at radius 3 is 2.35 bits per heavy atom. The van der Waals surface area contributed by atoms with Crippen LogP contribution in [-0.2, 0) is 4.79 Å². The van der Waals surface area contributed by atoms with E-state index in [1.165, 1.54) is 24.3 Å². The molecule has 0 fully saturated rings. The number of halogens is 1. The first-order chi connectivity index (χ1) is 15.0. The Bertz CT molecular complexity index is 1220. The number of anilines is 2. The summed E-state index contributed by atoms with van der Waals surface area (Å²) in [5, 5.41) is 14.7. The summed E-state index contributed by atoms with van der Waals surface area (Å²) in [6.07, 6.45) is 1.52. The third-order valence-electron chi connectivity index (χ3n) is 4.82. The summed E-state index contributed by atoms with van der Waals surface area (Å²) < 4.78 is 14.8. The molecule has 3 N–H and O–H groups in total. The van der Waals surface area contributed by atoms with Crippen LogP contribution in [0.1, 0.15) is 18.0 Å². The van der Waals surface area contributed by atoms with Gasteiger partial charge in [-0.2, -0.15) is 0 Å². The van der Waals surface area contributed by atoms with Crippen LogP contribution in [0.5, 0.6) is 0 Å². The smallest absolute Gasteiger partial charge is 0.323 e. The number of nitrogens with zero attached hydrogens (tertiary/aromatic N) is 2. The molecule has 0 aliphatic rings. The highest BCUT2D eigenvalue weighted by atomic mass is 19.1. The summed E-state index contributed by atoms with van der Waals surface area (Å²) in [5.74, 6) is -1.30. The number of aromatic nitrogens is 2. The van der Waals surface area contributed by atoms with Gasteiger partial charge in [0.1, 0.15) is 5.82 Å². The fraction of sp³-hybridized carbons (Fsp3) is 0.0870. The van der Waals surface area contributed by atoms with Crippen molar-refractivity contribution in [2.45, 2.75) is 12.5 Å². The van der Waals surface area contributed by atoms with Gasteiger partial charge in [0.25, 0.3) is 0 Å². The molecule has 7 nitrogen and oxygen atoms in total. The molecule has 3 aromatic carbocycles. The van der Waals surface area contributed by atoms with Crippen molar-refractivity contribution in [3.8, 4) is 0 Å². The molecule has 0 saturated carbocycles. The average Bonchev–Trinajstić information content (AvgIpc) is 3.17. The largest absolute Gasteiger partial charge is 0.481 e. The maximum Gasteiger partial charge on any atom is 0.323 e. The second-order valence-corrected chi connectivity index (χ2v) is 6.97. The standard InChI is InChI=1S/C23H19FN4O3/c24-16-6-8-17(9-7-16)26-23(31)27-18-10-11-20-19(12-18)25-14-28(20)21(13-22(29)30)15-4-2-1-3-5-15/h1-12,14,21H,13H2,(H,29,30)(H2,26,27,31). The molecular formula is C23H19FN4O3. The molecule has 1 unspecified atom stereocenters. The van der Waals surface area contributed by atoms with E-state index in [0.29, 0.717) is 16.9 Å². The summed E-state index contributed by atoms with van der Waals surface area (Å²) >= 11 is 0. The van der Waals surface area contributed by atoms with Crippen LogP contribution in [-0.4, -0.2) is 26.7 Å². The van der Waals surface area contributed by atoms with Crippen molar-refractivity contribution in [2.75, 3.05) is 10.6 Å². The predicted molar refractivity (Wildman–Crippen MR) is 116 cm³/mol. The molecule has 1 atom stereocenters. The molecule has 0 saturated heterocycles. The predicted octanol–water partition coefficient (Wildman–Crippen LogP) is 4.88. The number of hydrogen-bond acceptors (Lipinski definition) is 3. The van der Waals surface area contributed by atoms with E-state index >= 15 is 0 Å². The number of carbonyl (C=O) groups is 2. The third-order valence-corrected chi connectivity index (χ3v) is 4.82. The number of carboxylic acids is 1. The zero-order valence-corrected chi connectivity index (χ0v) is 16.3. The Morgan fingerprint density at radius 1 is 0.968 bits per heavy atom. The summed E-state index contributed by atoms with van der Waals surface area (Å²) in [6, 6.07) is 19.1. The Morgan fingerprint density at radius 2 is 1.65 bits per heavy atom. The van der Waals surface area contributed by atoms with E-state index in [4.69, 9.17) is 0 Å². The van der Waals surface area contributed by atoms with E-state index in [9.17, 15) is 19.1 Å². The number of carbonyl (C=O) groups excluding carboxylic acids is 1. The number of benzene rings is 3.